The van der Waals surface area contributed by atoms with Crippen LogP contribution in [-0.4, -0.2) is 21.9 Å². The molecule has 152 valence electrons. The third-order valence-electron chi connectivity index (χ3n) is 9.43. The van der Waals surface area contributed by atoms with E-state index < -0.39 is 0 Å². The summed E-state index contributed by atoms with van der Waals surface area (Å²) in [5.74, 6) is 3.22. The van der Waals surface area contributed by atoms with Crippen LogP contribution in [0.2, 0.25) is 0 Å². The van der Waals surface area contributed by atoms with Crippen molar-refractivity contribution in [3.05, 3.63) is 35.0 Å². The highest BCUT2D eigenvalue weighted by molar-refractivity contribution is 5.88. The Morgan fingerprint density at radius 1 is 1.03 bits per heavy atom. The maximum absolute atomic E-state index is 12.3. The number of carbonyl (C=O) groups is 1. The smallest absolute Gasteiger partial charge is 0.220 e. The van der Waals surface area contributed by atoms with Crippen LogP contribution in [0.1, 0.15) is 81.2 Å². The second-order valence-corrected chi connectivity index (χ2v) is 11.1. The average molecular weight is 389 g/mol. The molecule has 3 heteroatoms. The summed E-state index contributed by atoms with van der Waals surface area (Å²) in [6.07, 6.45) is 12.4. The van der Waals surface area contributed by atoms with E-state index in [9.17, 15) is 4.79 Å². The molecular weight excluding hydrogens is 356 g/mol. The fraction of sp³-hybridized carbons (Fsp3) is 0.654. The molecule has 2 aromatic rings. The van der Waals surface area contributed by atoms with Crippen molar-refractivity contribution < 1.29 is 4.79 Å². The van der Waals surface area contributed by atoms with Gasteiger partial charge in [-0.3, -0.25) is 4.79 Å². The summed E-state index contributed by atoms with van der Waals surface area (Å²) >= 11 is 0. The van der Waals surface area contributed by atoms with E-state index >= 15 is 0 Å². The summed E-state index contributed by atoms with van der Waals surface area (Å²) in [4.78, 5) is 14.4. The molecule has 0 radical (unpaired) electrons. The molecule has 4 fully saturated rings. The zero-order valence-electron chi connectivity index (χ0n) is 17.6. The van der Waals surface area contributed by atoms with Crippen LogP contribution >= 0.6 is 0 Å². The van der Waals surface area contributed by atoms with Crippen LogP contribution in [0.15, 0.2) is 18.2 Å². The van der Waals surface area contributed by atoms with Crippen molar-refractivity contribution in [3.63, 3.8) is 0 Å². The van der Waals surface area contributed by atoms with Gasteiger partial charge in [0.25, 0.3) is 0 Å². The molecule has 1 unspecified atom stereocenters. The van der Waals surface area contributed by atoms with Crippen molar-refractivity contribution in [2.75, 3.05) is 6.54 Å². The van der Waals surface area contributed by atoms with Gasteiger partial charge in [-0.1, -0.05) is 6.07 Å². The summed E-state index contributed by atoms with van der Waals surface area (Å²) in [7, 11) is 0. The monoisotopic (exact) mass is 388 g/mol. The summed E-state index contributed by atoms with van der Waals surface area (Å²) in [6, 6.07) is 7.86. The molecule has 1 amide bonds. The van der Waals surface area contributed by atoms with E-state index in [0.29, 0.717) is 11.5 Å². The van der Waals surface area contributed by atoms with Gasteiger partial charge in [0.05, 0.1) is 6.04 Å². The lowest BCUT2D eigenvalue weighted by atomic mass is 9.48. The predicted octanol–water partition coefficient (Wildman–Crippen LogP) is 5.35. The Kier molecular flexibility index (Phi) is 3.32. The fourth-order valence-corrected chi connectivity index (χ4v) is 8.78. The average Bonchev–Trinajstić information content (AvgIpc) is 3.02. The molecule has 1 aromatic carbocycles. The van der Waals surface area contributed by atoms with Gasteiger partial charge >= 0.3 is 0 Å². The second kappa shape index (κ2) is 5.68. The lowest BCUT2D eigenvalue weighted by molar-refractivity contribution is -0.132. The van der Waals surface area contributed by atoms with Crippen LogP contribution in [0.25, 0.3) is 10.9 Å². The van der Waals surface area contributed by atoms with E-state index in [0.717, 1.165) is 37.3 Å². The van der Waals surface area contributed by atoms with E-state index in [4.69, 9.17) is 0 Å². The quantitative estimate of drug-likeness (QED) is 0.646. The van der Waals surface area contributed by atoms with E-state index in [1.54, 1.807) is 18.1 Å². The first kappa shape index (κ1) is 17.0. The summed E-state index contributed by atoms with van der Waals surface area (Å²) in [6.45, 7) is 3.57. The SMILES string of the molecule is CC(=O)N1CCn2c3c(c4cc(C56CC7CC(CC(C7)C5)C6)ccc42)CCCC31. The molecule has 2 heterocycles. The molecule has 1 aromatic heterocycles. The van der Waals surface area contributed by atoms with E-state index in [-0.39, 0.29) is 5.91 Å². The van der Waals surface area contributed by atoms with Crippen molar-refractivity contribution >= 4 is 16.8 Å². The van der Waals surface area contributed by atoms with Gasteiger partial charge in [-0.2, -0.15) is 0 Å². The van der Waals surface area contributed by atoms with Gasteiger partial charge in [-0.05, 0) is 104 Å². The summed E-state index contributed by atoms with van der Waals surface area (Å²) < 4.78 is 2.57. The zero-order valence-corrected chi connectivity index (χ0v) is 17.6. The van der Waals surface area contributed by atoms with E-state index in [1.807, 2.05) is 0 Å². The Bertz CT molecular complexity index is 996. The van der Waals surface area contributed by atoms with Gasteiger partial charge in [0, 0.05) is 36.6 Å². The first-order chi connectivity index (χ1) is 14.1. The highest BCUT2D eigenvalue weighted by Crippen LogP contribution is 2.61. The number of fused-ring (bicyclic) bond motifs is 3. The van der Waals surface area contributed by atoms with Gasteiger partial charge in [-0.25, -0.2) is 0 Å². The minimum absolute atomic E-state index is 0.244. The highest BCUT2D eigenvalue weighted by atomic mass is 16.2. The van der Waals surface area contributed by atoms with Gasteiger partial charge in [0.1, 0.15) is 0 Å². The maximum atomic E-state index is 12.3. The first-order valence-electron chi connectivity index (χ1n) is 12.0. The molecule has 8 rings (SSSR count). The molecule has 4 saturated carbocycles. The molecule has 0 spiro atoms. The van der Waals surface area contributed by atoms with E-state index in [1.165, 1.54) is 68.0 Å². The van der Waals surface area contributed by atoms with Crippen LogP contribution in [-0.2, 0) is 23.2 Å². The lowest BCUT2D eigenvalue weighted by Gasteiger charge is -2.57. The number of amides is 1. The lowest BCUT2D eigenvalue weighted by Crippen LogP contribution is -2.48. The molecule has 0 N–H and O–H groups in total. The molecule has 5 aliphatic carbocycles. The van der Waals surface area contributed by atoms with Crippen molar-refractivity contribution in [1.29, 1.82) is 0 Å². The Labute approximate surface area is 173 Å². The van der Waals surface area contributed by atoms with Gasteiger partial charge in [0.2, 0.25) is 5.91 Å². The largest absolute Gasteiger partial charge is 0.341 e. The molecular formula is C26H32N2O. The predicted molar refractivity (Wildman–Crippen MR) is 115 cm³/mol. The van der Waals surface area contributed by atoms with Gasteiger partial charge < -0.3 is 9.47 Å². The van der Waals surface area contributed by atoms with Crippen LogP contribution in [0.3, 0.4) is 0 Å². The third-order valence-corrected chi connectivity index (χ3v) is 9.43. The zero-order chi connectivity index (χ0) is 19.3. The first-order valence-corrected chi connectivity index (χ1v) is 12.0. The molecule has 3 nitrogen and oxygen atoms in total. The van der Waals surface area contributed by atoms with Gasteiger partial charge in [0.15, 0.2) is 0 Å². The number of carbonyl (C=O) groups excluding carboxylic acids is 1. The molecule has 6 aliphatic rings. The Hall–Kier alpha value is -1.77. The Morgan fingerprint density at radius 2 is 1.76 bits per heavy atom. The normalized spacial score (nSPS) is 37.2. The topological polar surface area (TPSA) is 25.2 Å². The standard InChI is InChI=1S/C26H32N2O/c1-16(29)27-7-8-28-23-6-5-20(12-22(23)21-3-2-4-24(27)25(21)28)26-13-17-9-18(14-26)11-19(10-17)15-26/h5-6,12,17-19,24H,2-4,7-11,13-15H2,1H3. The minimum atomic E-state index is 0.244. The minimum Gasteiger partial charge on any atom is -0.341 e. The van der Waals surface area contributed by atoms with E-state index in [2.05, 4.69) is 27.7 Å². The Balaban J connectivity index is 1.38. The van der Waals surface area contributed by atoms with Crippen LogP contribution < -0.4 is 0 Å². The molecule has 4 bridgehead atoms. The molecule has 1 atom stereocenters. The number of aromatic nitrogens is 1. The number of benzene rings is 1. The van der Waals surface area contributed by atoms with Gasteiger partial charge in [-0.15, -0.1) is 0 Å². The van der Waals surface area contributed by atoms with Crippen LogP contribution in [0.5, 0.6) is 0 Å². The number of hydrogen-bond acceptors (Lipinski definition) is 1. The maximum Gasteiger partial charge on any atom is 0.220 e. The van der Waals surface area contributed by atoms with Crippen molar-refractivity contribution in [2.24, 2.45) is 17.8 Å². The fourth-order valence-electron chi connectivity index (χ4n) is 8.78. The second-order valence-electron chi connectivity index (χ2n) is 11.1. The van der Waals surface area contributed by atoms with Crippen LogP contribution in [0.4, 0.5) is 0 Å². The van der Waals surface area contributed by atoms with Crippen molar-refractivity contribution in [3.8, 4) is 0 Å². The Morgan fingerprint density at radius 3 is 2.45 bits per heavy atom. The number of aryl methyl sites for hydroxylation is 1. The van der Waals surface area contributed by atoms with Crippen molar-refractivity contribution in [1.82, 2.24) is 9.47 Å². The molecule has 29 heavy (non-hydrogen) atoms. The summed E-state index contributed by atoms with van der Waals surface area (Å²) in [5, 5.41) is 1.52. The highest BCUT2D eigenvalue weighted by Gasteiger charge is 2.51. The number of rotatable bonds is 1. The van der Waals surface area contributed by atoms with Crippen molar-refractivity contribution in [2.45, 2.75) is 82.7 Å². The van der Waals surface area contributed by atoms with Crippen LogP contribution in [0, 0.1) is 17.8 Å². The summed E-state index contributed by atoms with van der Waals surface area (Å²) in [5.41, 5.74) is 6.58. The number of hydrogen-bond donors (Lipinski definition) is 0. The molecule has 1 aliphatic heterocycles. The number of nitrogens with zero attached hydrogens (tertiary/aromatic N) is 2. The third kappa shape index (κ3) is 2.22. The molecule has 0 saturated heterocycles.